The van der Waals surface area contributed by atoms with Crippen molar-refractivity contribution < 1.29 is 14.3 Å². The number of carboxylic acid groups (broad SMARTS) is 1. The smallest absolute Gasteiger partial charge is 0.341 e. The third kappa shape index (κ3) is 4.35. The lowest BCUT2D eigenvalue weighted by Crippen LogP contribution is -2.49. The molecule has 1 N–H and O–H groups in total. The molecule has 1 aromatic carbocycles. The highest BCUT2D eigenvalue weighted by atomic mass is 19.1. The molecular formula is C27H36FN3O3. The number of piperazine rings is 1. The molecule has 3 aliphatic rings. The maximum atomic E-state index is 15.2. The van der Waals surface area contributed by atoms with Crippen LogP contribution < -0.4 is 10.3 Å². The van der Waals surface area contributed by atoms with E-state index >= 15 is 4.39 Å². The number of aromatic nitrogens is 1. The number of nitrogens with zero attached hydrogens (tertiary/aromatic N) is 3. The van der Waals surface area contributed by atoms with Gasteiger partial charge in [-0.25, -0.2) is 9.18 Å². The topological polar surface area (TPSA) is 65.8 Å². The Morgan fingerprint density at radius 3 is 2.53 bits per heavy atom. The van der Waals surface area contributed by atoms with E-state index in [1.165, 1.54) is 63.8 Å². The van der Waals surface area contributed by atoms with Crippen molar-refractivity contribution in [2.24, 2.45) is 17.8 Å². The Hall–Kier alpha value is -2.41. The zero-order valence-electron chi connectivity index (χ0n) is 20.1. The maximum Gasteiger partial charge on any atom is 0.341 e. The third-order valence-corrected chi connectivity index (χ3v) is 8.65. The minimum absolute atomic E-state index is 0.126. The van der Waals surface area contributed by atoms with Crippen molar-refractivity contribution in [2.75, 3.05) is 37.6 Å². The highest BCUT2D eigenvalue weighted by molar-refractivity contribution is 5.93. The maximum absolute atomic E-state index is 15.2. The van der Waals surface area contributed by atoms with Crippen molar-refractivity contribution >= 4 is 22.6 Å². The molecule has 6 nitrogen and oxygen atoms in total. The quantitative estimate of drug-likeness (QED) is 0.694. The van der Waals surface area contributed by atoms with E-state index < -0.39 is 17.2 Å². The standard InChI is InChI=1S/C27H36FN3O3/c1-2-30-17-22(27(33)34)26(32)21-14-23(28)25(15-24(21)30)31-12-10-29(11-13-31)16-19-8-5-7-18-6-3-4-9-20(18)19/h14-15,17-20H,2-13,16H2,1H3,(H,33,34). The molecule has 0 bridgehead atoms. The second-order valence-electron chi connectivity index (χ2n) is 10.5. The van der Waals surface area contributed by atoms with Gasteiger partial charge >= 0.3 is 5.97 Å². The molecule has 2 aliphatic carbocycles. The Balaban J connectivity index is 1.31. The van der Waals surface area contributed by atoms with Gasteiger partial charge in [-0.3, -0.25) is 9.69 Å². The molecule has 2 heterocycles. The number of halogens is 1. The van der Waals surface area contributed by atoms with E-state index in [1.54, 1.807) is 10.6 Å². The number of carboxylic acids is 1. The lowest BCUT2D eigenvalue weighted by molar-refractivity contribution is 0.0695. The molecule has 0 spiro atoms. The Bertz CT molecular complexity index is 1120. The van der Waals surface area contributed by atoms with Gasteiger partial charge in [0.1, 0.15) is 11.4 Å². The molecule has 7 heteroatoms. The van der Waals surface area contributed by atoms with Crippen molar-refractivity contribution in [3.8, 4) is 0 Å². The summed E-state index contributed by atoms with van der Waals surface area (Å²) >= 11 is 0. The van der Waals surface area contributed by atoms with E-state index in [-0.39, 0.29) is 10.9 Å². The van der Waals surface area contributed by atoms with Crippen LogP contribution in [0.4, 0.5) is 10.1 Å². The molecule has 34 heavy (non-hydrogen) atoms. The number of hydrogen-bond donors (Lipinski definition) is 1. The number of anilines is 1. The summed E-state index contributed by atoms with van der Waals surface area (Å²) in [5.41, 5.74) is 0.137. The SMILES string of the molecule is CCn1cc(C(=O)O)c(=O)c2cc(F)c(N3CCN(CC4CCCC5CCCCC54)CC3)cc21. The second kappa shape index (κ2) is 9.68. The summed E-state index contributed by atoms with van der Waals surface area (Å²) in [6.45, 7) is 6.91. The van der Waals surface area contributed by atoms with Gasteiger partial charge in [-0.15, -0.1) is 0 Å². The summed E-state index contributed by atoms with van der Waals surface area (Å²) in [5, 5.41) is 9.49. The highest BCUT2D eigenvalue weighted by Crippen LogP contribution is 2.44. The van der Waals surface area contributed by atoms with E-state index in [1.807, 2.05) is 6.92 Å². The Morgan fingerprint density at radius 2 is 1.79 bits per heavy atom. The first-order valence-electron chi connectivity index (χ1n) is 13.0. The first kappa shape index (κ1) is 23.3. The number of carbonyl (C=O) groups is 1. The number of rotatable bonds is 5. The van der Waals surface area contributed by atoms with Gasteiger partial charge in [0, 0.05) is 50.9 Å². The number of hydrogen-bond acceptors (Lipinski definition) is 4. The predicted octanol–water partition coefficient (Wildman–Crippen LogP) is 4.59. The van der Waals surface area contributed by atoms with Crippen molar-refractivity contribution in [2.45, 2.75) is 58.4 Å². The molecule has 1 saturated heterocycles. The third-order valence-electron chi connectivity index (χ3n) is 8.65. The molecule has 0 amide bonds. The first-order chi connectivity index (χ1) is 16.5. The normalized spacial score (nSPS) is 25.9. The summed E-state index contributed by atoms with van der Waals surface area (Å²) in [4.78, 5) is 28.7. The van der Waals surface area contributed by atoms with Gasteiger partial charge in [0.05, 0.1) is 11.2 Å². The summed E-state index contributed by atoms with van der Waals surface area (Å²) < 4.78 is 16.9. The molecule has 3 atom stereocenters. The van der Waals surface area contributed by atoms with Gasteiger partial charge in [-0.05, 0) is 49.7 Å². The minimum Gasteiger partial charge on any atom is -0.477 e. The van der Waals surface area contributed by atoms with Crippen LogP contribution >= 0.6 is 0 Å². The van der Waals surface area contributed by atoms with Crippen molar-refractivity contribution in [1.29, 1.82) is 0 Å². The van der Waals surface area contributed by atoms with E-state index in [9.17, 15) is 14.7 Å². The molecule has 2 aromatic rings. The molecule has 1 aromatic heterocycles. The number of aryl methyl sites for hydroxylation is 1. The number of aromatic carboxylic acids is 1. The highest BCUT2D eigenvalue weighted by Gasteiger charge is 2.36. The molecule has 184 valence electrons. The lowest BCUT2D eigenvalue weighted by atomic mass is 9.65. The molecule has 1 aliphatic heterocycles. The number of benzene rings is 1. The monoisotopic (exact) mass is 469 g/mol. The zero-order valence-corrected chi connectivity index (χ0v) is 20.1. The lowest BCUT2D eigenvalue weighted by Gasteiger charge is -2.45. The van der Waals surface area contributed by atoms with Gasteiger partial charge in [0.15, 0.2) is 0 Å². The fourth-order valence-corrected chi connectivity index (χ4v) is 6.86. The second-order valence-corrected chi connectivity index (χ2v) is 10.5. The van der Waals surface area contributed by atoms with E-state index in [0.717, 1.165) is 43.9 Å². The van der Waals surface area contributed by atoms with Crippen molar-refractivity contribution in [3.05, 3.63) is 39.9 Å². The van der Waals surface area contributed by atoms with Crippen LogP contribution in [0.2, 0.25) is 0 Å². The number of pyridine rings is 1. The molecular weight excluding hydrogens is 433 g/mol. The van der Waals surface area contributed by atoms with Gasteiger partial charge in [-0.1, -0.05) is 32.1 Å². The van der Waals surface area contributed by atoms with Crippen LogP contribution in [0.25, 0.3) is 10.9 Å². The minimum atomic E-state index is -1.28. The van der Waals surface area contributed by atoms with Crippen LogP contribution in [0.1, 0.15) is 62.2 Å². The average molecular weight is 470 g/mol. The summed E-state index contributed by atoms with van der Waals surface area (Å²) in [5.74, 6) is 0.913. The van der Waals surface area contributed by atoms with Gasteiger partial charge < -0.3 is 14.6 Å². The van der Waals surface area contributed by atoms with Gasteiger partial charge in [0.2, 0.25) is 5.43 Å². The van der Waals surface area contributed by atoms with Crippen LogP contribution in [0.15, 0.2) is 23.1 Å². The van der Waals surface area contributed by atoms with Crippen LogP contribution in [-0.2, 0) is 6.54 Å². The van der Waals surface area contributed by atoms with Crippen LogP contribution in [0.3, 0.4) is 0 Å². The fourth-order valence-electron chi connectivity index (χ4n) is 6.86. The molecule has 3 unspecified atom stereocenters. The molecule has 3 fully saturated rings. The molecule has 5 rings (SSSR count). The van der Waals surface area contributed by atoms with Crippen molar-refractivity contribution in [1.82, 2.24) is 9.47 Å². The van der Waals surface area contributed by atoms with E-state index in [4.69, 9.17) is 0 Å². The Kier molecular flexibility index (Phi) is 6.65. The number of fused-ring (bicyclic) bond motifs is 2. The summed E-state index contributed by atoms with van der Waals surface area (Å²) in [7, 11) is 0. The van der Waals surface area contributed by atoms with Gasteiger partial charge in [-0.2, -0.15) is 0 Å². The Morgan fingerprint density at radius 1 is 1.06 bits per heavy atom. The summed E-state index contributed by atoms with van der Waals surface area (Å²) in [6.07, 6.45) is 11.1. The molecule has 2 saturated carbocycles. The molecule has 0 radical (unpaired) electrons. The summed E-state index contributed by atoms with van der Waals surface area (Å²) in [6, 6.07) is 2.95. The predicted molar refractivity (Wildman–Crippen MR) is 132 cm³/mol. The van der Waals surface area contributed by atoms with Crippen molar-refractivity contribution in [3.63, 3.8) is 0 Å². The van der Waals surface area contributed by atoms with E-state index in [2.05, 4.69) is 9.80 Å². The van der Waals surface area contributed by atoms with E-state index in [0.29, 0.717) is 17.7 Å². The van der Waals surface area contributed by atoms with Gasteiger partial charge in [0.25, 0.3) is 0 Å². The van der Waals surface area contributed by atoms with Crippen LogP contribution in [0, 0.1) is 23.6 Å². The Labute approximate surface area is 200 Å². The average Bonchev–Trinajstić information content (AvgIpc) is 2.85. The first-order valence-corrected chi connectivity index (χ1v) is 13.0. The fraction of sp³-hybridized carbons (Fsp3) is 0.630. The van der Waals surface area contributed by atoms with Crippen LogP contribution in [0.5, 0.6) is 0 Å². The zero-order chi connectivity index (χ0) is 23.8. The largest absolute Gasteiger partial charge is 0.477 e. The van der Waals surface area contributed by atoms with Crippen LogP contribution in [-0.4, -0.2) is 53.3 Å².